The highest BCUT2D eigenvalue weighted by molar-refractivity contribution is 7.13. The molecule has 1 amide bonds. The van der Waals surface area contributed by atoms with Crippen molar-refractivity contribution in [1.82, 2.24) is 15.1 Å². The number of nitrogens with one attached hydrogen (secondary N) is 1. The van der Waals surface area contributed by atoms with E-state index in [1.54, 1.807) is 6.20 Å². The summed E-state index contributed by atoms with van der Waals surface area (Å²) in [7, 11) is 0. The van der Waals surface area contributed by atoms with Crippen molar-refractivity contribution in [3.63, 3.8) is 0 Å². The van der Waals surface area contributed by atoms with Gasteiger partial charge in [0.2, 0.25) is 0 Å². The average molecular weight is 300 g/mol. The standard InChI is InChI=1S/C14H12N4O2S/c1-7-11-9(12(19)17-14-15-4-5-21-14)6-10(8-2-3-8)16-13(11)20-18-7/h4-6,8H,2-3H2,1H3,(H,15,17,19). The highest BCUT2D eigenvalue weighted by Gasteiger charge is 2.28. The second-order valence-electron chi connectivity index (χ2n) is 5.11. The Morgan fingerprint density at radius 3 is 3.05 bits per heavy atom. The van der Waals surface area contributed by atoms with Crippen LogP contribution in [-0.4, -0.2) is 21.0 Å². The smallest absolute Gasteiger partial charge is 0.259 e. The average Bonchev–Trinajstić information content (AvgIpc) is 3.10. The largest absolute Gasteiger partial charge is 0.336 e. The minimum absolute atomic E-state index is 0.203. The number of rotatable bonds is 3. The van der Waals surface area contributed by atoms with Crippen LogP contribution in [0, 0.1) is 6.92 Å². The first-order chi connectivity index (χ1) is 10.2. The molecule has 0 saturated heterocycles. The van der Waals surface area contributed by atoms with E-state index in [2.05, 4.69) is 20.4 Å². The van der Waals surface area contributed by atoms with Crippen molar-refractivity contribution in [3.05, 3.63) is 34.6 Å². The van der Waals surface area contributed by atoms with Gasteiger partial charge in [0.05, 0.1) is 16.6 Å². The molecule has 3 aromatic heterocycles. The quantitative estimate of drug-likeness (QED) is 0.803. The van der Waals surface area contributed by atoms with E-state index in [4.69, 9.17) is 4.52 Å². The first kappa shape index (κ1) is 12.5. The van der Waals surface area contributed by atoms with Gasteiger partial charge in [-0.15, -0.1) is 11.3 Å². The van der Waals surface area contributed by atoms with Crippen molar-refractivity contribution in [2.75, 3.05) is 5.32 Å². The van der Waals surface area contributed by atoms with E-state index < -0.39 is 0 Å². The predicted molar refractivity (Wildman–Crippen MR) is 78.6 cm³/mol. The molecule has 3 aromatic rings. The number of carbonyl (C=O) groups excluding carboxylic acids is 1. The van der Waals surface area contributed by atoms with Crippen LogP contribution in [0.4, 0.5) is 5.13 Å². The lowest BCUT2D eigenvalue weighted by molar-refractivity contribution is 0.102. The Labute approximate surface area is 124 Å². The van der Waals surface area contributed by atoms with Crippen LogP contribution in [0.1, 0.15) is 40.5 Å². The maximum Gasteiger partial charge on any atom is 0.259 e. The molecule has 7 heteroatoms. The summed E-state index contributed by atoms with van der Waals surface area (Å²) in [4.78, 5) is 21.1. The number of fused-ring (bicyclic) bond motifs is 1. The third-order valence-corrected chi connectivity index (χ3v) is 4.22. The third-order valence-electron chi connectivity index (χ3n) is 3.53. The molecule has 1 N–H and O–H groups in total. The summed E-state index contributed by atoms with van der Waals surface area (Å²) in [5.41, 5.74) is 2.56. The SMILES string of the molecule is Cc1noc2nc(C3CC3)cc(C(=O)Nc3nccs3)c12. The monoisotopic (exact) mass is 300 g/mol. The molecule has 21 heavy (non-hydrogen) atoms. The van der Waals surface area contributed by atoms with Crippen LogP contribution >= 0.6 is 11.3 Å². The lowest BCUT2D eigenvalue weighted by Crippen LogP contribution is -2.13. The zero-order chi connectivity index (χ0) is 14.4. The van der Waals surface area contributed by atoms with Gasteiger partial charge in [0, 0.05) is 23.2 Å². The van der Waals surface area contributed by atoms with Crippen molar-refractivity contribution in [2.45, 2.75) is 25.7 Å². The topological polar surface area (TPSA) is 80.9 Å². The Bertz CT molecular complexity index is 821. The van der Waals surface area contributed by atoms with Crippen molar-refractivity contribution in [3.8, 4) is 0 Å². The van der Waals surface area contributed by atoms with Gasteiger partial charge < -0.3 is 4.52 Å². The molecule has 0 aromatic carbocycles. The van der Waals surface area contributed by atoms with Gasteiger partial charge in [-0.1, -0.05) is 5.16 Å². The van der Waals surface area contributed by atoms with E-state index in [0.29, 0.717) is 33.4 Å². The minimum atomic E-state index is -0.203. The minimum Gasteiger partial charge on any atom is -0.336 e. The Morgan fingerprint density at radius 1 is 1.48 bits per heavy atom. The molecular formula is C14H12N4O2S. The van der Waals surface area contributed by atoms with Gasteiger partial charge in [-0.25, -0.2) is 9.97 Å². The normalized spacial score (nSPS) is 14.5. The summed E-state index contributed by atoms with van der Waals surface area (Å²) in [6.45, 7) is 1.81. The molecule has 0 atom stereocenters. The van der Waals surface area contributed by atoms with E-state index in [-0.39, 0.29) is 5.91 Å². The van der Waals surface area contributed by atoms with Gasteiger partial charge in [-0.2, -0.15) is 0 Å². The van der Waals surface area contributed by atoms with E-state index in [1.165, 1.54) is 11.3 Å². The highest BCUT2D eigenvalue weighted by Crippen LogP contribution is 2.40. The van der Waals surface area contributed by atoms with Gasteiger partial charge >= 0.3 is 0 Å². The first-order valence-electron chi connectivity index (χ1n) is 6.70. The summed E-state index contributed by atoms with van der Waals surface area (Å²) in [5, 5.41) is 9.80. The molecule has 0 radical (unpaired) electrons. The molecule has 0 bridgehead atoms. The lowest BCUT2D eigenvalue weighted by Gasteiger charge is -2.05. The van der Waals surface area contributed by atoms with Crippen molar-refractivity contribution in [1.29, 1.82) is 0 Å². The van der Waals surface area contributed by atoms with Crippen LogP contribution in [0.2, 0.25) is 0 Å². The molecule has 1 aliphatic carbocycles. The Kier molecular flexibility index (Phi) is 2.75. The molecule has 1 fully saturated rings. The highest BCUT2D eigenvalue weighted by atomic mass is 32.1. The fraction of sp³-hybridized carbons (Fsp3) is 0.286. The predicted octanol–water partition coefficient (Wildman–Crippen LogP) is 3.12. The zero-order valence-corrected chi connectivity index (χ0v) is 12.1. The molecule has 6 nitrogen and oxygen atoms in total. The van der Waals surface area contributed by atoms with Gasteiger partial charge in [0.15, 0.2) is 5.13 Å². The third kappa shape index (κ3) is 2.19. The fourth-order valence-corrected chi connectivity index (χ4v) is 2.85. The number of amides is 1. The first-order valence-corrected chi connectivity index (χ1v) is 7.58. The van der Waals surface area contributed by atoms with E-state index in [9.17, 15) is 4.79 Å². The lowest BCUT2D eigenvalue weighted by atomic mass is 10.1. The number of nitrogens with zero attached hydrogens (tertiary/aromatic N) is 3. The zero-order valence-electron chi connectivity index (χ0n) is 11.3. The van der Waals surface area contributed by atoms with Crippen LogP contribution in [0.25, 0.3) is 11.1 Å². The van der Waals surface area contributed by atoms with Crippen molar-refractivity contribution in [2.24, 2.45) is 0 Å². The summed E-state index contributed by atoms with van der Waals surface area (Å²) in [6.07, 6.45) is 3.88. The second-order valence-corrected chi connectivity index (χ2v) is 6.00. The van der Waals surface area contributed by atoms with Crippen LogP contribution in [-0.2, 0) is 0 Å². The molecule has 3 heterocycles. The molecule has 0 unspecified atom stereocenters. The van der Waals surface area contributed by atoms with E-state index in [0.717, 1.165) is 18.5 Å². The number of aryl methyl sites for hydroxylation is 1. The van der Waals surface area contributed by atoms with Gasteiger partial charge in [-0.05, 0) is 25.8 Å². The molecule has 0 spiro atoms. The maximum absolute atomic E-state index is 12.5. The van der Waals surface area contributed by atoms with Crippen molar-refractivity contribution >= 4 is 33.5 Å². The van der Waals surface area contributed by atoms with Crippen LogP contribution in [0.15, 0.2) is 22.2 Å². The van der Waals surface area contributed by atoms with Crippen LogP contribution in [0.5, 0.6) is 0 Å². The van der Waals surface area contributed by atoms with Crippen LogP contribution in [0.3, 0.4) is 0 Å². The number of carbonyl (C=O) groups is 1. The molecule has 1 aliphatic rings. The number of anilines is 1. The summed E-state index contributed by atoms with van der Waals surface area (Å²) in [5.74, 6) is 0.233. The Balaban J connectivity index is 1.81. The molecule has 4 rings (SSSR count). The molecule has 106 valence electrons. The second kappa shape index (κ2) is 4.63. The van der Waals surface area contributed by atoms with E-state index >= 15 is 0 Å². The molecule has 1 saturated carbocycles. The molecular weight excluding hydrogens is 288 g/mol. The van der Waals surface area contributed by atoms with Gasteiger partial charge in [-0.3, -0.25) is 10.1 Å². The summed E-state index contributed by atoms with van der Waals surface area (Å²) < 4.78 is 5.24. The summed E-state index contributed by atoms with van der Waals surface area (Å²) >= 11 is 1.38. The number of aromatic nitrogens is 3. The van der Waals surface area contributed by atoms with Gasteiger partial charge in [0.1, 0.15) is 0 Å². The Hall–Kier alpha value is -2.28. The van der Waals surface area contributed by atoms with Gasteiger partial charge in [0.25, 0.3) is 11.6 Å². The molecule has 0 aliphatic heterocycles. The summed E-state index contributed by atoms with van der Waals surface area (Å²) in [6, 6.07) is 1.85. The number of thiazole rings is 1. The van der Waals surface area contributed by atoms with Crippen LogP contribution < -0.4 is 5.32 Å². The number of hydrogen-bond donors (Lipinski definition) is 1. The Morgan fingerprint density at radius 2 is 2.33 bits per heavy atom. The fourth-order valence-electron chi connectivity index (χ4n) is 2.33. The van der Waals surface area contributed by atoms with E-state index in [1.807, 2.05) is 18.4 Å². The number of pyridine rings is 1. The maximum atomic E-state index is 12.5. The van der Waals surface area contributed by atoms with Crippen molar-refractivity contribution < 1.29 is 9.32 Å². The number of hydrogen-bond acceptors (Lipinski definition) is 6.